The van der Waals surface area contributed by atoms with E-state index in [0.29, 0.717) is 36.9 Å². The van der Waals surface area contributed by atoms with Crippen molar-refractivity contribution in [1.29, 1.82) is 0 Å². The van der Waals surface area contributed by atoms with E-state index in [1.807, 2.05) is 121 Å². The Hall–Kier alpha value is -4.65. The Labute approximate surface area is 338 Å². The summed E-state index contributed by atoms with van der Waals surface area (Å²) in [5.41, 5.74) is 5.15. The number of hydrogen-bond acceptors (Lipinski definition) is 5. The number of fused-ring (bicyclic) bond motifs is 8. The highest BCUT2D eigenvalue weighted by Crippen LogP contribution is 2.59. The van der Waals surface area contributed by atoms with Crippen molar-refractivity contribution in [3.63, 3.8) is 0 Å². The first-order valence-electron chi connectivity index (χ1n) is 21.1. The van der Waals surface area contributed by atoms with Gasteiger partial charge in [-0.15, -0.1) is 0 Å². The molecule has 3 N–H and O–H groups in total. The maximum atomic E-state index is 15.1. The van der Waals surface area contributed by atoms with Crippen molar-refractivity contribution in [2.75, 3.05) is 13.1 Å². The van der Waals surface area contributed by atoms with Gasteiger partial charge in [-0.3, -0.25) is 9.69 Å². The Kier molecular flexibility index (Phi) is 11.2. The molecule has 3 aliphatic carbocycles. The van der Waals surface area contributed by atoms with Gasteiger partial charge in [-0.2, -0.15) is 0 Å². The topological polar surface area (TPSA) is 81.0 Å². The summed E-state index contributed by atoms with van der Waals surface area (Å²) in [4.78, 5) is 17.5. The fourth-order valence-corrected chi connectivity index (χ4v) is 10.7. The third-order valence-corrected chi connectivity index (χ3v) is 13.9. The third-order valence-electron chi connectivity index (χ3n) is 13.9. The van der Waals surface area contributed by atoms with Gasteiger partial charge in [0.15, 0.2) is 5.78 Å². The average molecular weight is 760 g/mol. The number of ketones is 1. The van der Waals surface area contributed by atoms with Crippen molar-refractivity contribution in [2.24, 2.45) is 5.41 Å². The number of benzene rings is 5. The standard InChI is InChI=1S/C52H57NO4/c1-37-16-14-31-50(2)47(30-32-51(50,56)36-53-33-15-25-48(53)52(57,40-19-8-4-9-20-40)41-21-10-5-11-22-41)44-29-27-38(34-42(54)28-26-37)35-46(44)49(55)45-24-13-12-23-43(45)39-17-6-3-7-18-39/h3-13,16-24,27,29,35,42,47-48,54,56-57H,14-15,25-26,28,30-34,36H2,1-2H3. The molecule has 4 aliphatic rings. The molecule has 0 amide bonds. The fraction of sp³-hybridized carbons (Fsp3) is 0.365. The van der Waals surface area contributed by atoms with E-state index in [1.54, 1.807) is 0 Å². The number of hydrogen-bond donors (Lipinski definition) is 3. The Morgan fingerprint density at radius 3 is 2.14 bits per heavy atom. The van der Waals surface area contributed by atoms with Crippen LogP contribution in [0.15, 0.2) is 145 Å². The van der Waals surface area contributed by atoms with Crippen molar-refractivity contribution in [1.82, 2.24) is 4.90 Å². The molecule has 2 bridgehead atoms. The van der Waals surface area contributed by atoms with Gasteiger partial charge in [-0.1, -0.05) is 146 Å². The van der Waals surface area contributed by atoms with Crippen molar-refractivity contribution in [3.05, 3.63) is 178 Å². The maximum Gasteiger partial charge on any atom is 0.193 e. The van der Waals surface area contributed by atoms with Gasteiger partial charge in [-0.25, -0.2) is 0 Å². The SMILES string of the molecule is CC1=CCCC2(C)C(CCC2(O)CN2CCCC2C(O)(c2ccccc2)c2ccccc2)c2ccc(cc2C(=O)c2ccccc2-c2ccccc2)CC(O)CC1. The van der Waals surface area contributed by atoms with E-state index in [-0.39, 0.29) is 17.7 Å². The Morgan fingerprint density at radius 2 is 1.44 bits per heavy atom. The summed E-state index contributed by atoms with van der Waals surface area (Å²) in [6.45, 7) is 5.62. The van der Waals surface area contributed by atoms with E-state index in [0.717, 1.165) is 78.5 Å². The molecule has 5 aromatic rings. The lowest BCUT2D eigenvalue weighted by molar-refractivity contribution is -0.101. The van der Waals surface area contributed by atoms with Crippen molar-refractivity contribution in [2.45, 2.75) is 101 Å². The minimum absolute atomic E-state index is 0.0307. The monoisotopic (exact) mass is 759 g/mol. The quantitative estimate of drug-likeness (QED) is 0.108. The molecule has 1 saturated heterocycles. The van der Waals surface area contributed by atoms with E-state index in [1.165, 1.54) is 5.57 Å². The second kappa shape index (κ2) is 16.3. The first kappa shape index (κ1) is 39.2. The van der Waals surface area contributed by atoms with Gasteiger partial charge < -0.3 is 15.3 Å². The lowest BCUT2D eigenvalue weighted by Crippen LogP contribution is -2.57. The van der Waals surface area contributed by atoms with Crippen LogP contribution in [0.1, 0.15) is 109 Å². The molecule has 294 valence electrons. The van der Waals surface area contributed by atoms with Crippen LogP contribution in [0.25, 0.3) is 11.1 Å². The molecule has 0 aromatic heterocycles. The van der Waals surface area contributed by atoms with Crippen LogP contribution >= 0.6 is 0 Å². The van der Waals surface area contributed by atoms with Crippen LogP contribution in [0.2, 0.25) is 0 Å². The molecule has 0 radical (unpaired) electrons. The first-order valence-corrected chi connectivity index (χ1v) is 21.1. The van der Waals surface area contributed by atoms with Crippen LogP contribution in [-0.4, -0.2) is 56.8 Å². The highest BCUT2D eigenvalue weighted by Gasteiger charge is 2.59. The summed E-state index contributed by atoms with van der Waals surface area (Å²) in [5.74, 6) is -0.124. The summed E-state index contributed by atoms with van der Waals surface area (Å²) in [6.07, 6.45) is 8.30. The highest BCUT2D eigenvalue weighted by molar-refractivity contribution is 6.13. The van der Waals surface area contributed by atoms with E-state index < -0.39 is 22.7 Å². The molecule has 1 saturated carbocycles. The summed E-state index contributed by atoms with van der Waals surface area (Å²) < 4.78 is 0. The summed E-state index contributed by atoms with van der Waals surface area (Å²) in [7, 11) is 0. The second-order valence-corrected chi connectivity index (χ2v) is 17.3. The zero-order chi connectivity index (χ0) is 39.6. The molecule has 5 atom stereocenters. The van der Waals surface area contributed by atoms with E-state index in [2.05, 4.69) is 37.0 Å². The van der Waals surface area contributed by atoms with Crippen LogP contribution < -0.4 is 0 Å². The molecule has 5 unspecified atom stereocenters. The molecule has 1 aliphatic heterocycles. The number of aliphatic hydroxyl groups is 3. The smallest absolute Gasteiger partial charge is 0.193 e. The molecular weight excluding hydrogens is 703 g/mol. The molecule has 9 rings (SSSR count). The van der Waals surface area contributed by atoms with E-state index >= 15 is 4.79 Å². The van der Waals surface area contributed by atoms with Gasteiger partial charge in [0, 0.05) is 29.1 Å². The van der Waals surface area contributed by atoms with Crippen molar-refractivity contribution >= 4 is 5.78 Å². The number of likely N-dealkylation sites (tertiary alicyclic amines) is 1. The van der Waals surface area contributed by atoms with Crippen LogP contribution in [0, 0.1) is 5.41 Å². The largest absolute Gasteiger partial charge is 0.393 e. The molecule has 5 nitrogen and oxygen atoms in total. The van der Waals surface area contributed by atoms with Gasteiger partial charge in [0.25, 0.3) is 0 Å². The summed E-state index contributed by atoms with van der Waals surface area (Å²) >= 11 is 0. The predicted molar refractivity (Wildman–Crippen MR) is 229 cm³/mol. The number of aliphatic hydroxyl groups excluding tert-OH is 1. The zero-order valence-corrected chi connectivity index (χ0v) is 33.5. The molecule has 5 heteroatoms. The van der Waals surface area contributed by atoms with E-state index in [4.69, 9.17) is 0 Å². The van der Waals surface area contributed by atoms with Gasteiger partial charge in [-0.05, 0) is 117 Å². The van der Waals surface area contributed by atoms with Gasteiger partial charge >= 0.3 is 0 Å². The van der Waals surface area contributed by atoms with Crippen LogP contribution in [0.4, 0.5) is 0 Å². The van der Waals surface area contributed by atoms with Gasteiger partial charge in [0.1, 0.15) is 5.60 Å². The molecule has 5 aromatic carbocycles. The number of nitrogens with zero attached hydrogens (tertiary/aromatic N) is 1. The van der Waals surface area contributed by atoms with Crippen LogP contribution in [-0.2, 0) is 12.0 Å². The molecule has 57 heavy (non-hydrogen) atoms. The Balaban J connectivity index is 1.21. The Morgan fingerprint density at radius 1 is 0.789 bits per heavy atom. The normalized spacial score (nSPS) is 25.8. The van der Waals surface area contributed by atoms with Crippen molar-refractivity contribution < 1.29 is 20.1 Å². The molecule has 1 heterocycles. The number of carbonyl (C=O) groups excluding carboxylic acids is 1. The van der Waals surface area contributed by atoms with Crippen LogP contribution in [0.3, 0.4) is 0 Å². The summed E-state index contributed by atoms with van der Waals surface area (Å²) in [6, 6.07) is 44.0. The maximum absolute atomic E-state index is 15.1. The fourth-order valence-electron chi connectivity index (χ4n) is 10.7. The molecule has 2 fully saturated rings. The minimum atomic E-state index is -1.26. The van der Waals surface area contributed by atoms with Crippen LogP contribution in [0.5, 0.6) is 0 Å². The summed E-state index contributed by atoms with van der Waals surface area (Å²) in [5, 5.41) is 37.5. The molecule has 0 spiro atoms. The number of β-amino-alcohol motifs (C(OH)–C–C–N with tert-alkyl or cyclic N) is 1. The number of rotatable bonds is 8. The van der Waals surface area contributed by atoms with Gasteiger partial charge in [0.2, 0.25) is 0 Å². The zero-order valence-electron chi connectivity index (χ0n) is 33.5. The Bertz CT molecular complexity index is 2160. The lowest BCUT2D eigenvalue weighted by Gasteiger charge is -2.48. The molecular formula is C52H57NO4. The highest BCUT2D eigenvalue weighted by atomic mass is 16.3. The van der Waals surface area contributed by atoms with Gasteiger partial charge in [0.05, 0.1) is 11.7 Å². The number of allylic oxidation sites excluding steroid dienone is 2. The number of carbonyl (C=O) groups is 1. The first-order chi connectivity index (χ1) is 27.6. The van der Waals surface area contributed by atoms with E-state index in [9.17, 15) is 15.3 Å². The second-order valence-electron chi connectivity index (χ2n) is 17.3. The average Bonchev–Trinajstić information content (AvgIpc) is 3.81. The minimum Gasteiger partial charge on any atom is -0.393 e. The third kappa shape index (κ3) is 7.47. The predicted octanol–water partition coefficient (Wildman–Crippen LogP) is 10.0. The van der Waals surface area contributed by atoms with Crippen molar-refractivity contribution in [3.8, 4) is 11.1 Å². The lowest BCUT2D eigenvalue weighted by atomic mass is 9.64.